The number of methoxy groups -OCH3 is 1. The summed E-state index contributed by atoms with van der Waals surface area (Å²) >= 11 is 0. The molecule has 114 valence electrons. The van der Waals surface area contributed by atoms with E-state index in [1.807, 2.05) is 6.07 Å². The first kappa shape index (κ1) is 15.4. The largest absolute Gasteiger partial charge is 0.383 e. The summed E-state index contributed by atoms with van der Waals surface area (Å²) in [6.45, 7) is 1.08. The molecule has 0 aliphatic carbocycles. The predicted molar refractivity (Wildman–Crippen MR) is 78.2 cm³/mol. The van der Waals surface area contributed by atoms with Crippen LogP contribution in [0.25, 0.3) is 5.57 Å². The molecule has 0 saturated heterocycles. The zero-order valence-corrected chi connectivity index (χ0v) is 11.8. The topological polar surface area (TPSA) is 112 Å². The second-order valence-electron chi connectivity index (χ2n) is 4.16. The van der Waals surface area contributed by atoms with E-state index in [9.17, 15) is 4.39 Å². The van der Waals surface area contributed by atoms with Gasteiger partial charge in [-0.1, -0.05) is 0 Å². The van der Waals surface area contributed by atoms with Crippen LogP contribution >= 0.6 is 0 Å². The van der Waals surface area contributed by atoms with Gasteiger partial charge in [-0.2, -0.15) is 10.5 Å². The molecule has 0 spiro atoms. The van der Waals surface area contributed by atoms with Crippen molar-refractivity contribution in [1.82, 2.24) is 20.6 Å². The minimum atomic E-state index is -0.397. The van der Waals surface area contributed by atoms with Gasteiger partial charge >= 0.3 is 0 Å². The number of ether oxygens (including phenoxy) is 1. The van der Waals surface area contributed by atoms with Gasteiger partial charge in [0.25, 0.3) is 0 Å². The maximum atomic E-state index is 13.4. The number of aromatic amines is 1. The summed E-state index contributed by atoms with van der Waals surface area (Å²) in [5, 5.41) is 28.1. The summed E-state index contributed by atoms with van der Waals surface area (Å²) in [4.78, 5) is 0. The molecule has 0 unspecified atom stereocenters. The summed E-state index contributed by atoms with van der Waals surface area (Å²) in [6, 6.07) is 6.20. The molecule has 2 rings (SSSR count). The molecular formula is C13H14FN7O. The summed E-state index contributed by atoms with van der Waals surface area (Å²) in [5.74, 6) is -0.244. The molecule has 1 aromatic carbocycles. The van der Waals surface area contributed by atoms with Gasteiger partial charge in [-0.05, 0) is 23.4 Å². The minimum absolute atomic E-state index is 0.153. The van der Waals surface area contributed by atoms with E-state index in [-0.39, 0.29) is 11.4 Å². The van der Waals surface area contributed by atoms with Crippen LogP contribution in [0.3, 0.4) is 0 Å². The number of allylic oxidation sites excluding steroid dienone is 1. The van der Waals surface area contributed by atoms with Crippen LogP contribution in [0.5, 0.6) is 0 Å². The van der Waals surface area contributed by atoms with Crippen molar-refractivity contribution in [3.05, 3.63) is 36.0 Å². The zero-order chi connectivity index (χ0) is 15.8. The highest BCUT2D eigenvalue weighted by molar-refractivity contribution is 5.77. The quantitative estimate of drug-likeness (QED) is 0.523. The Morgan fingerprint density at radius 3 is 3.05 bits per heavy atom. The van der Waals surface area contributed by atoms with E-state index in [2.05, 4.69) is 31.3 Å². The third kappa shape index (κ3) is 4.00. The molecule has 22 heavy (non-hydrogen) atoms. The Bertz CT molecular complexity index is 678. The van der Waals surface area contributed by atoms with Crippen molar-refractivity contribution in [3.63, 3.8) is 0 Å². The molecule has 2 aromatic rings. The van der Waals surface area contributed by atoms with E-state index < -0.39 is 5.82 Å². The van der Waals surface area contributed by atoms with Gasteiger partial charge in [0, 0.05) is 19.9 Å². The molecule has 1 heterocycles. The third-order valence-electron chi connectivity index (χ3n) is 2.68. The van der Waals surface area contributed by atoms with Gasteiger partial charge in [-0.3, -0.25) is 0 Å². The highest BCUT2D eigenvalue weighted by atomic mass is 19.1. The smallest absolute Gasteiger partial charge is 0.216 e. The molecule has 0 amide bonds. The van der Waals surface area contributed by atoms with Crippen molar-refractivity contribution in [2.45, 2.75) is 0 Å². The van der Waals surface area contributed by atoms with Gasteiger partial charge in [-0.25, -0.2) is 4.39 Å². The lowest BCUT2D eigenvalue weighted by Gasteiger charge is -2.12. The van der Waals surface area contributed by atoms with Gasteiger partial charge in [0.1, 0.15) is 17.5 Å². The fraction of sp³-hybridized carbons (Fsp3) is 0.231. The average Bonchev–Trinajstić information content (AvgIpc) is 3.04. The molecular weight excluding hydrogens is 289 g/mol. The van der Waals surface area contributed by atoms with E-state index in [4.69, 9.17) is 10.00 Å². The maximum Gasteiger partial charge on any atom is 0.216 e. The van der Waals surface area contributed by atoms with E-state index in [1.165, 1.54) is 18.3 Å². The number of nitrogens with zero attached hydrogens (tertiary/aromatic N) is 4. The molecule has 0 radical (unpaired) electrons. The molecule has 9 heteroatoms. The number of rotatable bonds is 7. The van der Waals surface area contributed by atoms with Crippen molar-refractivity contribution in [3.8, 4) is 6.07 Å². The van der Waals surface area contributed by atoms with Crippen LogP contribution in [0, 0.1) is 17.1 Å². The normalized spacial score (nSPS) is 11.0. The molecule has 0 saturated carbocycles. The van der Waals surface area contributed by atoms with Crippen molar-refractivity contribution in [2.75, 3.05) is 30.9 Å². The number of nitrogens with one attached hydrogen (secondary N) is 3. The number of aromatic nitrogens is 4. The highest BCUT2D eigenvalue weighted by Gasteiger charge is 2.07. The molecule has 8 nitrogen and oxygen atoms in total. The van der Waals surface area contributed by atoms with Gasteiger partial charge < -0.3 is 15.4 Å². The monoisotopic (exact) mass is 303 g/mol. The maximum absolute atomic E-state index is 13.4. The Labute approximate surface area is 126 Å². The third-order valence-corrected chi connectivity index (χ3v) is 2.68. The number of nitriles is 1. The molecule has 0 bridgehead atoms. The standard InChI is InChI=1S/C13H14FN7O/c1-22-5-4-16-11-3-2-10(14)6-12(11)17-8-9(7-15)13-18-20-21-19-13/h2-3,6,8,16-17H,4-5H2,1H3,(H,18,19,20,21). The Morgan fingerprint density at radius 2 is 2.36 bits per heavy atom. The lowest BCUT2D eigenvalue weighted by atomic mass is 10.2. The van der Waals surface area contributed by atoms with Gasteiger partial charge in [0.05, 0.1) is 18.0 Å². The van der Waals surface area contributed by atoms with E-state index in [0.29, 0.717) is 24.5 Å². The van der Waals surface area contributed by atoms with E-state index in [0.717, 1.165) is 0 Å². The fourth-order valence-corrected chi connectivity index (χ4v) is 1.65. The number of hydrogen-bond acceptors (Lipinski definition) is 7. The summed E-state index contributed by atoms with van der Waals surface area (Å²) in [6.07, 6.45) is 1.39. The van der Waals surface area contributed by atoms with Crippen LogP contribution in [0.4, 0.5) is 15.8 Å². The number of benzene rings is 1. The van der Waals surface area contributed by atoms with Gasteiger partial charge in [0.2, 0.25) is 5.82 Å². The first-order chi connectivity index (χ1) is 10.7. The summed E-state index contributed by atoms with van der Waals surface area (Å²) in [7, 11) is 1.60. The zero-order valence-electron chi connectivity index (χ0n) is 11.8. The lowest BCUT2D eigenvalue weighted by molar-refractivity contribution is 0.211. The van der Waals surface area contributed by atoms with Crippen molar-refractivity contribution in [1.29, 1.82) is 5.26 Å². The first-order valence-corrected chi connectivity index (χ1v) is 6.37. The van der Waals surface area contributed by atoms with Crippen molar-refractivity contribution < 1.29 is 9.13 Å². The van der Waals surface area contributed by atoms with Crippen LogP contribution in [-0.2, 0) is 4.74 Å². The van der Waals surface area contributed by atoms with E-state index >= 15 is 0 Å². The molecule has 0 atom stereocenters. The minimum Gasteiger partial charge on any atom is -0.383 e. The second-order valence-corrected chi connectivity index (χ2v) is 4.16. The molecule has 3 N–H and O–H groups in total. The number of hydrogen-bond donors (Lipinski definition) is 3. The Balaban J connectivity index is 2.17. The van der Waals surface area contributed by atoms with Crippen LogP contribution < -0.4 is 10.6 Å². The average molecular weight is 303 g/mol. The Kier molecular flexibility index (Phi) is 5.39. The first-order valence-electron chi connectivity index (χ1n) is 6.37. The number of halogens is 1. The van der Waals surface area contributed by atoms with Gasteiger partial charge in [0.15, 0.2) is 0 Å². The van der Waals surface area contributed by atoms with Crippen LogP contribution in [0.15, 0.2) is 24.4 Å². The van der Waals surface area contributed by atoms with Crippen molar-refractivity contribution in [2.24, 2.45) is 0 Å². The van der Waals surface area contributed by atoms with Gasteiger partial charge in [-0.15, -0.1) is 10.2 Å². The Morgan fingerprint density at radius 1 is 1.50 bits per heavy atom. The molecule has 1 aromatic heterocycles. The number of H-pyrrole nitrogens is 1. The van der Waals surface area contributed by atoms with E-state index in [1.54, 1.807) is 13.2 Å². The van der Waals surface area contributed by atoms with Crippen LogP contribution in [0.1, 0.15) is 5.82 Å². The van der Waals surface area contributed by atoms with Crippen LogP contribution in [0.2, 0.25) is 0 Å². The second kappa shape index (κ2) is 7.70. The van der Waals surface area contributed by atoms with Crippen molar-refractivity contribution >= 4 is 16.9 Å². The molecule has 0 aliphatic heterocycles. The summed E-state index contributed by atoms with van der Waals surface area (Å²) in [5.41, 5.74) is 1.33. The number of anilines is 2. The SMILES string of the molecule is COCCNc1ccc(F)cc1NC=C(C#N)c1nn[nH]n1. The molecule has 0 fully saturated rings. The molecule has 0 aliphatic rings. The Hall–Kier alpha value is -2.99. The van der Waals surface area contributed by atoms with Crippen LogP contribution in [-0.4, -0.2) is 40.9 Å². The predicted octanol–water partition coefficient (Wildman–Crippen LogP) is 1.37. The fourth-order valence-electron chi connectivity index (χ4n) is 1.65. The number of tetrazole rings is 1. The summed E-state index contributed by atoms with van der Waals surface area (Å²) < 4.78 is 18.4. The highest BCUT2D eigenvalue weighted by Crippen LogP contribution is 2.23. The lowest BCUT2D eigenvalue weighted by Crippen LogP contribution is -2.09.